The van der Waals surface area contributed by atoms with E-state index in [2.05, 4.69) is 60.1 Å². The molecule has 0 fully saturated rings. The molecule has 0 saturated carbocycles. The van der Waals surface area contributed by atoms with Gasteiger partial charge in [0.05, 0.1) is 0 Å². The van der Waals surface area contributed by atoms with Crippen molar-refractivity contribution in [1.82, 2.24) is 14.9 Å². The van der Waals surface area contributed by atoms with Crippen LogP contribution in [0.15, 0.2) is 42.6 Å². The Balaban J connectivity index is 2.15. The largest absolute Gasteiger partial charge is 0.309 e. The minimum Gasteiger partial charge on any atom is -0.309 e. The lowest BCUT2D eigenvalue weighted by Gasteiger charge is -2.23. The average Bonchev–Trinajstić information content (AvgIpc) is 2.85. The number of fused-ring (bicyclic) bond motifs is 3. The molecule has 106 valence electrons. The zero-order chi connectivity index (χ0) is 14.4. The number of rotatable bonds is 1. The summed E-state index contributed by atoms with van der Waals surface area (Å²) < 4.78 is 2.33. The molecule has 1 unspecified atom stereocenters. The first-order valence-electron chi connectivity index (χ1n) is 7.55. The van der Waals surface area contributed by atoms with E-state index in [0.29, 0.717) is 6.04 Å². The van der Waals surface area contributed by atoms with Gasteiger partial charge in [-0.25, -0.2) is 4.98 Å². The van der Waals surface area contributed by atoms with Gasteiger partial charge >= 0.3 is 0 Å². The molecular formula is C18H19N3. The second kappa shape index (κ2) is 4.71. The van der Waals surface area contributed by atoms with Crippen molar-refractivity contribution >= 4 is 11.0 Å². The topological polar surface area (TPSA) is 29.9 Å². The Labute approximate surface area is 124 Å². The van der Waals surface area contributed by atoms with E-state index in [1.807, 2.05) is 6.20 Å². The number of hydrogen-bond donors (Lipinski definition) is 1. The summed E-state index contributed by atoms with van der Waals surface area (Å²) in [5.41, 5.74) is 6.43. The van der Waals surface area contributed by atoms with E-state index in [4.69, 9.17) is 4.98 Å². The highest BCUT2D eigenvalue weighted by atomic mass is 15.1. The fraction of sp³-hybridized carbons (Fsp3) is 0.278. The molecule has 1 aliphatic rings. The molecule has 0 aliphatic carbocycles. The number of nitrogens with one attached hydrogen (secondary N) is 1. The monoisotopic (exact) mass is 277 g/mol. The average molecular weight is 277 g/mol. The molecule has 0 radical (unpaired) electrons. The highest BCUT2D eigenvalue weighted by Crippen LogP contribution is 2.35. The summed E-state index contributed by atoms with van der Waals surface area (Å²) in [7, 11) is 0. The van der Waals surface area contributed by atoms with Gasteiger partial charge in [0.25, 0.3) is 0 Å². The molecule has 0 spiro atoms. The number of pyridine rings is 1. The van der Waals surface area contributed by atoms with Crippen molar-refractivity contribution in [1.29, 1.82) is 0 Å². The number of hydrogen-bond acceptors (Lipinski definition) is 2. The van der Waals surface area contributed by atoms with Crippen molar-refractivity contribution in [2.75, 3.05) is 6.54 Å². The molecule has 1 N–H and O–H groups in total. The van der Waals surface area contributed by atoms with Gasteiger partial charge in [0.1, 0.15) is 5.65 Å². The number of aromatic nitrogens is 2. The SMILES string of the molecule is Cc1ccnc2c1c1c(n2-c2ccccc2)C(C)NCC1. The van der Waals surface area contributed by atoms with Crippen molar-refractivity contribution in [2.45, 2.75) is 26.3 Å². The third kappa shape index (κ3) is 1.81. The summed E-state index contributed by atoms with van der Waals surface area (Å²) in [5, 5.41) is 4.92. The van der Waals surface area contributed by atoms with E-state index in [1.165, 1.54) is 27.9 Å². The quantitative estimate of drug-likeness (QED) is 0.737. The Bertz CT molecular complexity index is 802. The van der Waals surface area contributed by atoms with Crippen molar-refractivity contribution in [3.8, 4) is 5.69 Å². The van der Waals surface area contributed by atoms with Crippen LogP contribution in [-0.4, -0.2) is 16.1 Å². The first-order chi connectivity index (χ1) is 10.3. The number of para-hydroxylation sites is 1. The van der Waals surface area contributed by atoms with Crippen LogP contribution in [0.5, 0.6) is 0 Å². The molecule has 1 aliphatic heterocycles. The van der Waals surface area contributed by atoms with E-state index in [-0.39, 0.29) is 0 Å². The van der Waals surface area contributed by atoms with Crippen LogP contribution in [0, 0.1) is 6.92 Å². The summed E-state index contributed by atoms with van der Waals surface area (Å²) in [6.45, 7) is 5.47. The van der Waals surface area contributed by atoms with Gasteiger partial charge in [-0.1, -0.05) is 18.2 Å². The zero-order valence-electron chi connectivity index (χ0n) is 12.4. The Morgan fingerprint density at radius 3 is 2.81 bits per heavy atom. The maximum atomic E-state index is 4.69. The van der Waals surface area contributed by atoms with E-state index in [0.717, 1.165) is 18.6 Å². The summed E-state index contributed by atoms with van der Waals surface area (Å²) in [6.07, 6.45) is 2.99. The molecule has 1 aromatic carbocycles. The van der Waals surface area contributed by atoms with Crippen molar-refractivity contribution < 1.29 is 0 Å². The molecule has 3 nitrogen and oxygen atoms in total. The Morgan fingerprint density at radius 1 is 1.19 bits per heavy atom. The van der Waals surface area contributed by atoms with Crippen molar-refractivity contribution in [3.63, 3.8) is 0 Å². The third-order valence-corrected chi connectivity index (χ3v) is 4.45. The van der Waals surface area contributed by atoms with Gasteiger partial charge in [-0.3, -0.25) is 4.57 Å². The fourth-order valence-corrected chi connectivity index (χ4v) is 3.52. The molecule has 3 heterocycles. The lowest BCUT2D eigenvalue weighted by atomic mass is 9.99. The molecule has 3 aromatic rings. The van der Waals surface area contributed by atoms with Gasteiger partial charge in [-0.05, 0) is 56.1 Å². The van der Waals surface area contributed by atoms with Crippen LogP contribution >= 0.6 is 0 Å². The van der Waals surface area contributed by atoms with Gasteiger partial charge in [-0.2, -0.15) is 0 Å². The molecule has 0 amide bonds. The summed E-state index contributed by atoms with van der Waals surface area (Å²) in [5.74, 6) is 0. The van der Waals surface area contributed by atoms with Crippen LogP contribution in [-0.2, 0) is 6.42 Å². The Morgan fingerprint density at radius 2 is 2.00 bits per heavy atom. The first kappa shape index (κ1) is 12.6. The predicted octanol–water partition coefficient (Wildman–Crippen LogP) is 3.54. The molecular weight excluding hydrogens is 258 g/mol. The maximum absolute atomic E-state index is 4.69. The van der Waals surface area contributed by atoms with Gasteiger partial charge in [-0.15, -0.1) is 0 Å². The van der Waals surface area contributed by atoms with Gasteiger partial charge in [0, 0.05) is 29.0 Å². The Hall–Kier alpha value is -2.13. The molecule has 2 aromatic heterocycles. The second-order valence-electron chi connectivity index (χ2n) is 5.79. The van der Waals surface area contributed by atoms with Gasteiger partial charge in [0.15, 0.2) is 0 Å². The third-order valence-electron chi connectivity index (χ3n) is 4.45. The fourth-order valence-electron chi connectivity index (χ4n) is 3.52. The molecule has 1 atom stereocenters. The van der Waals surface area contributed by atoms with E-state index in [1.54, 1.807) is 0 Å². The van der Waals surface area contributed by atoms with E-state index < -0.39 is 0 Å². The smallest absolute Gasteiger partial charge is 0.145 e. The van der Waals surface area contributed by atoms with Crippen LogP contribution in [0.3, 0.4) is 0 Å². The summed E-state index contributed by atoms with van der Waals surface area (Å²) in [4.78, 5) is 4.69. The maximum Gasteiger partial charge on any atom is 0.145 e. The molecule has 0 bridgehead atoms. The van der Waals surface area contributed by atoms with Crippen LogP contribution in [0.2, 0.25) is 0 Å². The first-order valence-corrected chi connectivity index (χ1v) is 7.55. The number of aryl methyl sites for hydroxylation is 1. The summed E-state index contributed by atoms with van der Waals surface area (Å²) >= 11 is 0. The molecule has 3 heteroatoms. The molecule has 4 rings (SSSR count). The highest BCUT2D eigenvalue weighted by molar-refractivity contribution is 5.87. The summed E-state index contributed by atoms with van der Waals surface area (Å²) in [6, 6.07) is 13.0. The van der Waals surface area contributed by atoms with Crippen LogP contribution in [0.1, 0.15) is 29.8 Å². The molecule has 0 saturated heterocycles. The van der Waals surface area contributed by atoms with Crippen LogP contribution in [0.4, 0.5) is 0 Å². The van der Waals surface area contributed by atoms with Crippen molar-refractivity contribution in [2.24, 2.45) is 0 Å². The zero-order valence-corrected chi connectivity index (χ0v) is 12.4. The normalized spacial score (nSPS) is 17.9. The predicted molar refractivity (Wildman–Crippen MR) is 85.9 cm³/mol. The highest BCUT2D eigenvalue weighted by Gasteiger charge is 2.26. The number of nitrogens with zero attached hydrogens (tertiary/aromatic N) is 2. The molecule has 21 heavy (non-hydrogen) atoms. The van der Waals surface area contributed by atoms with E-state index >= 15 is 0 Å². The standard InChI is InChI=1S/C18H19N3/c1-12-8-10-20-18-16(12)15-9-11-19-13(2)17(15)21(18)14-6-4-3-5-7-14/h3-8,10,13,19H,9,11H2,1-2H3. The van der Waals surface area contributed by atoms with Crippen LogP contribution < -0.4 is 5.32 Å². The van der Waals surface area contributed by atoms with E-state index in [9.17, 15) is 0 Å². The van der Waals surface area contributed by atoms with Gasteiger partial charge < -0.3 is 5.32 Å². The van der Waals surface area contributed by atoms with Crippen LogP contribution in [0.25, 0.3) is 16.7 Å². The minimum absolute atomic E-state index is 0.350. The lowest BCUT2D eigenvalue weighted by Crippen LogP contribution is -2.29. The number of benzene rings is 1. The van der Waals surface area contributed by atoms with Gasteiger partial charge in [0.2, 0.25) is 0 Å². The minimum atomic E-state index is 0.350. The second-order valence-corrected chi connectivity index (χ2v) is 5.79. The lowest BCUT2D eigenvalue weighted by molar-refractivity contribution is 0.523. The van der Waals surface area contributed by atoms with Crippen molar-refractivity contribution in [3.05, 3.63) is 59.4 Å². The Kier molecular flexibility index (Phi) is 2.82.